The first kappa shape index (κ1) is 19.1. The number of hydrogen-bond donors (Lipinski definition) is 1. The van der Waals surface area contributed by atoms with Gasteiger partial charge in [0.15, 0.2) is 11.8 Å². The number of aliphatic imine (C=N–C) groups is 1. The molecule has 0 saturated carbocycles. The maximum Gasteiger partial charge on any atom is 0.226 e. The standard InChI is InChI=1S/C17H31N5OS/c1-12(2)14-11-22(9-10-24-14)17(18-5)19-8-6-7-15-20-16(13(3)4)21-23-15/h12-14H,6-11H2,1-5H3,(H,18,19). The van der Waals surface area contributed by atoms with Crippen molar-refractivity contribution >= 4 is 17.7 Å². The summed E-state index contributed by atoms with van der Waals surface area (Å²) >= 11 is 2.08. The third-order valence-electron chi connectivity index (χ3n) is 4.20. The van der Waals surface area contributed by atoms with Crippen molar-refractivity contribution in [3.05, 3.63) is 11.7 Å². The molecule has 1 fully saturated rings. The molecule has 2 rings (SSSR count). The van der Waals surface area contributed by atoms with Crippen molar-refractivity contribution in [1.29, 1.82) is 0 Å². The van der Waals surface area contributed by atoms with Crippen LogP contribution in [0.1, 0.15) is 51.7 Å². The molecule has 24 heavy (non-hydrogen) atoms. The molecule has 136 valence electrons. The molecule has 6 nitrogen and oxygen atoms in total. The van der Waals surface area contributed by atoms with Gasteiger partial charge in [0.25, 0.3) is 0 Å². The molecule has 1 unspecified atom stereocenters. The zero-order valence-electron chi connectivity index (χ0n) is 15.6. The maximum atomic E-state index is 5.28. The van der Waals surface area contributed by atoms with Crippen LogP contribution in [0.5, 0.6) is 0 Å². The topological polar surface area (TPSA) is 66.5 Å². The fourth-order valence-corrected chi connectivity index (χ4v) is 3.95. The molecule has 0 aromatic carbocycles. The van der Waals surface area contributed by atoms with Crippen LogP contribution in [0.3, 0.4) is 0 Å². The van der Waals surface area contributed by atoms with Gasteiger partial charge in [-0.1, -0.05) is 32.9 Å². The molecule has 1 saturated heterocycles. The normalized spacial score (nSPS) is 19.4. The number of nitrogens with one attached hydrogen (secondary N) is 1. The summed E-state index contributed by atoms with van der Waals surface area (Å²) in [7, 11) is 1.86. The summed E-state index contributed by atoms with van der Waals surface area (Å²) in [5.41, 5.74) is 0. The average molecular weight is 354 g/mol. The number of aryl methyl sites for hydroxylation is 1. The van der Waals surface area contributed by atoms with Gasteiger partial charge >= 0.3 is 0 Å². The molecule has 0 spiro atoms. The van der Waals surface area contributed by atoms with Gasteiger partial charge in [0.2, 0.25) is 5.89 Å². The number of thioether (sulfide) groups is 1. The lowest BCUT2D eigenvalue weighted by atomic mass is 10.1. The molecular weight excluding hydrogens is 322 g/mol. The second-order valence-electron chi connectivity index (χ2n) is 6.88. The Balaban J connectivity index is 1.75. The highest BCUT2D eigenvalue weighted by molar-refractivity contribution is 8.00. The molecule has 1 aromatic rings. The van der Waals surface area contributed by atoms with Crippen LogP contribution in [0, 0.1) is 5.92 Å². The minimum atomic E-state index is 0.310. The van der Waals surface area contributed by atoms with E-state index in [9.17, 15) is 0 Å². The Morgan fingerprint density at radius 1 is 1.42 bits per heavy atom. The summed E-state index contributed by atoms with van der Waals surface area (Å²) in [6, 6.07) is 0. The van der Waals surface area contributed by atoms with Gasteiger partial charge in [0.1, 0.15) is 0 Å². The Labute approximate surface area is 149 Å². The third kappa shape index (κ3) is 5.40. The minimum absolute atomic E-state index is 0.310. The van der Waals surface area contributed by atoms with E-state index in [0.29, 0.717) is 17.1 Å². The molecular formula is C17H31N5OS. The predicted octanol–water partition coefficient (Wildman–Crippen LogP) is 2.77. The summed E-state index contributed by atoms with van der Waals surface area (Å²) in [4.78, 5) is 11.2. The third-order valence-corrected chi connectivity index (χ3v) is 5.74. The van der Waals surface area contributed by atoms with Gasteiger partial charge in [-0.2, -0.15) is 16.7 Å². The van der Waals surface area contributed by atoms with Crippen LogP contribution in [-0.2, 0) is 6.42 Å². The van der Waals surface area contributed by atoms with Gasteiger partial charge in [-0.25, -0.2) is 0 Å². The van der Waals surface area contributed by atoms with Crippen molar-refractivity contribution in [1.82, 2.24) is 20.4 Å². The monoisotopic (exact) mass is 353 g/mol. The Morgan fingerprint density at radius 3 is 2.83 bits per heavy atom. The van der Waals surface area contributed by atoms with Gasteiger partial charge in [-0.05, 0) is 12.3 Å². The highest BCUT2D eigenvalue weighted by Crippen LogP contribution is 2.24. The second-order valence-corrected chi connectivity index (χ2v) is 8.22. The van der Waals surface area contributed by atoms with E-state index in [-0.39, 0.29) is 0 Å². The van der Waals surface area contributed by atoms with E-state index < -0.39 is 0 Å². The lowest BCUT2D eigenvalue weighted by molar-refractivity contribution is 0.366. The molecule has 0 radical (unpaired) electrons. The number of hydrogen-bond acceptors (Lipinski definition) is 5. The smallest absolute Gasteiger partial charge is 0.226 e. The molecule has 2 heterocycles. The van der Waals surface area contributed by atoms with Crippen LogP contribution < -0.4 is 5.32 Å². The number of aromatic nitrogens is 2. The first-order chi connectivity index (χ1) is 11.5. The van der Waals surface area contributed by atoms with E-state index in [0.717, 1.165) is 50.2 Å². The Kier molecular flexibility index (Phi) is 7.40. The molecule has 1 N–H and O–H groups in total. The Morgan fingerprint density at radius 2 is 2.21 bits per heavy atom. The van der Waals surface area contributed by atoms with E-state index in [2.05, 4.69) is 64.8 Å². The molecule has 1 aliphatic heterocycles. The summed E-state index contributed by atoms with van der Waals surface area (Å²) < 4.78 is 5.28. The van der Waals surface area contributed by atoms with E-state index in [4.69, 9.17) is 4.52 Å². The largest absolute Gasteiger partial charge is 0.356 e. The van der Waals surface area contributed by atoms with Crippen molar-refractivity contribution in [2.24, 2.45) is 10.9 Å². The predicted molar refractivity (Wildman–Crippen MR) is 101 cm³/mol. The van der Waals surface area contributed by atoms with Gasteiger partial charge < -0.3 is 14.7 Å². The summed E-state index contributed by atoms with van der Waals surface area (Å²) in [6.07, 6.45) is 1.75. The fourth-order valence-electron chi connectivity index (χ4n) is 2.65. The SMILES string of the molecule is CN=C(NCCCc1nc(C(C)C)no1)N1CCSC(C(C)C)C1. The number of rotatable bonds is 6. The van der Waals surface area contributed by atoms with Crippen LogP contribution in [-0.4, -0.2) is 58.7 Å². The average Bonchev–Trinajstić information content (AvgIpc) is 3.04. The van der Waals surface area contributed by atoms with Crippen LogP contribution in [0.15, 0.2) is 9.52 Å². The number of guanidine groups is 1. The van der Waals surface area contributed by atoms with Gasteiger partial charge in [-0.15, -0.1) is 0 Å². The van der Waals surface area contributed by atoms with Gasteiger partial charge in [0, 0.05) is 50.0 Å². The van der Waals surface area contributed by atoms with Crippen molar-refractivity contribution < 1.29 is 4.52 Å². The minimum Gasteiger partial charge on any atom is -0.356 e. The molecule has 1 aromatic heterocycles. The highest BCUT2D eigenvalue weighted by atomic mass is 32.2. The van der Waals surface area contributed by atoms with Crippen LogP contribution >= 0.6 is 11.8 Å². The molecule has 0 bridgehead atoms. The lowest BCUT2D eigenvalue weighted by Gasteiger charge is -2.36. The van der Waals surface area contributed by atoms with Crippen molar-refractivity contribution in [2.75, 3.05) is 32.4 Å². The van der Waals surface area contributed by atoms with Crippen LogP contribution in [0.2, 0.25) is 0 Å². The maximum absolute atomic E-state index is 5.28. The van der Waals surface area contributed by atoms with Crippen molar-refractivity contribution in [3.8, 4) is 0 Å². The fraction of sp³-hybridized carbons (Fsp3) is 0.824. The summed E-state index contributed by atoms with van der Waals surface area (Å²) in [5, 5.41) is 8.16. The number of nitrogens with zero attached hydrogens (tertiary/aromatic N) is 4. The Hall–Kier alpha value is -1.24. The Bertz CT molecular complexity index is 529. The van der Waals surface area contributed by atoms with E-state index in [1.54, 1.807) is 0 Å². The van der Waals surface area contributed by atoms with Gasteiger partial charge in [-0.3, -0.25) is 4.99 Å². The summed E-state index contributed by atoms with van der Waals surface area (Å²) in [5.74, 6) is 4.70. The van der Waals surface area contributed by atoms with E-state index in [1.165, 1.54) is 5.75 Å². The first-order valence-corrected chi connectivity index (χ1v) is 9.95. The second kappa shape index (κ2) is 9.30. The molecule has 1 aliphatic rings. The highest BCUT2D eigenvalue weighted by Gasteiger charge is 2.24. The van der Waals surface area contributed by atoms with Crippen LogP contribution in [0.25, 0.3) is 0 Å². The zero-order chi connectivity index (χ0) is 17.5. The van der Waals surface area contributed by atoms with Crippen LogP contribution in [0.4, 0.5) is 0 Å². The van der Waals surface area contributed by atoms with Crippen molar-refractivity contribution in [2.45, 2.75) is 51.7 Å². The molecule has 0 aliphatic carbocycles. The van der Waals surface area contributed by atoms with Crippen molar-refractivity contribution in [3.63, 3.8) is 0 Å². The first-order valence-electron chi connectivity index (χ1n) is 8.91. The quantitative estimate of drug-likeness (QED) is 0.482. The molecule has 7 heteroatoms. The summed E-state index contributed by atoms with van der Waals surface area (Å²) in [6.45, 7) is 11.7. The lowest BCUT2D eigenvalue weighted by Crippen LogP contribution is -2.49. The van der Waals surface area contributed by atoms with E-state index >= 15 is 0 Å². The van der Waals surface area contributed by atoms with Gasteiger partial charge in [0.05, 0.1) is 0 Å². The molecule has 1 atom stereocenters. The molecule has 0 amide bonds. The zero-order valence-corrected chi connectivity index (χ0v) is 16.4. The van der Waals surface area contributed by atoms with E-state index in [1.807, 2.05) is 7.05 Å².